The zero-order valence-corrected chi connectivity index (χ0v) is 17.6. The normalized spacial score (nSPS) is 11.7. The van der Waals surface area contributed by atoms with Gasteiger partial charge in [-0.2, -0.15) is 0 Å². The molecule has 2 N–H and O–H groups in total. The van der Waals surface area contributed by atoms with E-state index in [9.17, 15) is 9.59 Å². The largest absolute Gasteiger partial charge is 0.341 e. The maximum absolute atomic E-state index is 12.3. The molecule has 150 valence electrons. The van der Waals surface area contributed by atoms with Gasteiger partial charge >= 0.3 is 6.03 Å². The lowest BCUT2D eigenvalue weighted by molar-refractivity contribution is -0.119. The maximum atomic E-state index is 12.3. The fourth-order valence-corrected chi connectivity index (χ4v) is 3.57. The van der Waals surface area contributed by atoms with Crippen LogP contribution in [0.25, 0.3) is 17.1 Å². The number of hydrogen-bond donors (Lipinski definition) is 2. The third-order valence-corrected chi connectivity index (χ3v) is 5.57. The van der Waals surface area contributed by atoms with E-state index in [-0.39, 0.29) is 0 Å². The lowest BCUT2D eigenvalue weighted by Gasteiger charge is -2.14. The lowest BCUT2D eigenvalue weighted by Crippen LogP contribution is -2.41. The molecule has 0 aliphatic rings. The summed E-state index contributed by atoms with van der Waals surface area (Å²) in [4.78, 5) is 23.7. The van der Waals surface area contributed by atoms with Gasteiger partial charge in [-0.1, -0.05) is 48.2 Å². The fourth-order valence-electron chi connectivity index (χ4n) is 2.71. The van der Waals surface area contributed by atoms with E-state index < -0.39 is 17.2 Å². The Bertz CT molecular complexity index is 1030. The first-order chi connectivity index (χ1) is 13.9. The van der Waals surface area contributed by atoms with Crippen molar-refractivity contribution in [1.82, 2.24) is 25.4 Å². The number of urea groups is 1. The summed E-state index contributed by atoms with van der Waals surface area (Å²) in [6.07, 6.45) is 0. The molecule has 0 spiro atoms. The van der Waals surface area contributed by atoms with Crippen molar-refractivity contribution in [2.45, 2.75) is 31.2 Å². The number of hydrogen-bond acceptors (Lipinski definition) is 5. The van der Waals surface area contributed by atoms with E-state index in [0.717, 1.165) is 16.8 Å². The molecule has 0 fully saturated rings. The predicted octanol–water partition coefficient (Wildman–Crippen LogP) is 3.49. The summed E-state index contributed by atoms with van der Waals surface area (Å²) < 4.78 is 1.94. The van der Waals surface area contributed by atoms with Gasteiger partial charge in [0.25, 0.3) is 0 Å². The number of amides is 3. The summed E-state index contributed by atoms with van der Waals surface area (Å²) in [5.74, 6) is 0.292. The van der Waals surface area contributed by atoms with Crippen LogP contribution in [0.4, 0.5) is 4.79 Å². The van der Waals surface area contributed by atoms with Gasteiger partial charge in [0.05, 0.1) is 10.9 Å². The van der Waals surface area contributed by atoms with Gasteiger partial charge in [-0.05, 0) is 44.0 Å². The van der Waals surface area contributed by atoms with Crippen molar-refractivity contribution >= 4 is 23.7 Å². The van der Waals surface area contributed by atoms with E-state index in [4.69, 9.17) is 0 Å². The molecule has 7 nitrogen and oxygen atoms in total. The van der Waals surface area contributed by atoms with Gasteiger partial charge in [-0.15, -0.1) is 10.2 Å². The Kier molecular flexibility index (Phi) is 6.33. The van der Waals surface area contributed by atoms with E-state index in [1.807, 2.05) is 41.0 Å². The summed E-state index contributed by atoms with van der Waals surface area (Å²) in [5, 5.41) is 13.4. The molecule has 1 aromatic heterocycles. The van der Waals surface area contributed by atoms with Crippen LogP contribution in [-0.4, -0.2) is 39.0 Å². The number of carbonyl (C=O) groups is 2. The number of nitrogens with one attached hydrogen (secondary N) is 2. The average Bonchev–Trinajstić information content (AvgIpc) is 3.14. The number of imide groups is 1. The molecule has 0 aliphatic heterocycles. The number of aryl methyl sites for hydroxylation is 2. The number of benzene rings is 2. The Morgan fingerprint density at radius 1 is 1.03 bits per heavy atom. The van der Waals surface area contributed by atoms with Crippen molar-refractivity contribution in [2.24, 2.45) is 0 Å². The number of rotatable bonds is 5. The second kappa shape index (κ2) is 8.91. The molecule has 3 amide bonds. The van der Waals surface area contributed by atoms with Gasteiger partial charge in [0.15, 0.2) is 11.0 Å². The van der Waals surface area contributed by atoms with E-state index in [0.29, 0.717) is 11.0 Å². The first kappa shape index (κ1) is 20.6. The Hall–Kier alpha value is -3.13. The van der Waals surface area contributed by atoms with Crippen molar-refractivity contribution in [3.05, 3.63) is 59.7 Å². The van der Waals surface area contributed by atoms with Crippen LogP contribution >= 0.6 is 11.8 Å². The minimum Gasteiger partial charge on any atom is -0.341 e. The molecule has 0 unspecified atom stereocenters. The highest BCUT2D eigenvalue weighted by Gasteiger charge is 2.23. The van der Waals surface area contributed by atoms with E-state index in [2.05, 4.69) is 46.8 Å². The SMILES string of the molecule is CNC(=O)NC(=O)[C@@H](C)Sc1nnc(-c2ccccc2)n1-c1ccc(C)c(C)c1. The molecule has 3 aromatic rings. The van der Waals surface area contributed by atoms with Crippen molar-refractivity contribution in [2.75, 3.05) is 7.05 Å². The molecule has 3 rings (SSSR count). The van der Waals surface area contributed by atoms with Gasteiger partial charge in [0.2, 0.25) is 5.91 Å². The Labute approximate surface area is 173 Å². The number of aromatic nitrogens is 3. The Balaban J connectivity index is 2.01. The van der Waals surface area contributed by atoms with Crippen LogP contribution in [-0.2, 0) is 4.79 Å². The van der Waals surface area contributed by atoms with Crippen molar-refractivity contribution < 1.29 is 9.59 Å². The quantitative estimate of drug-likeness (QED) is 0.630. The van der Waals surface area contributed by atoms with Gasteiger partial charge in [-0.25, -0.2) is 4.79 Å². The standard InChI is InChI=1S/C21H23N5O2S/c1-13-10-11-17(12-14(13)2)26-18(16-8-6-5-7-9-16)24-25-21(26)29-15(3)19(27)23-20(28)22-4/h5-12,15H,1-4H3,(H2,22,23,27,28)/t15-/m1/s1. The maximum Gasteiger partial charge on any atom is 0.321 e. The Morgan fingerprint density at radius 3 is 2.41 bits per heavy atom. The van der Waals surface area contributed by atoms with Crippen LogP contribution in [0.15, 0.2) is 53.7 Å². The van der Waals surface area contributed by atoms with Crippen molar-refractivity contribution in [3.63, 3.8) is 0 Å². The smallest absolute Gasteiger partial charge is 0.321 e. The predicted molar refractivity (Wildman–Crippen MR) is 114 cm³/mol. The molecule has 2 aromatic carbocycles. The summed E-state index contributed by atoms with van der Waals surface area (Å²) in [7, 11) is 1.46. The first-order valence-electron chi connectivity index (χ1n) is 9.18. The molecular weight excluding hydrogens is 386 g/mol. The topological polar surface area (TPSA) is 88.9 Å². The molecular formula is C21H23N5O2S. The summed E-state index contributed by atoms with van der Waals surface area (Å²) in [6, 6.07) is 15.4. The number of thioether (sulfide) groups is 1. The highest BCUT2D eigenvalue weighted by atomic mass is 32.2. The monoisotopic (exact) mass is 409 g/mol. The first-order valence-corrected chi connectivity index (χ1v) is 10.1. The fraction of sp³-hybridized carbons (Fsp3) is 0.238. The zero-order valence-electron chi connectivity index (χ0n) is 16.8. The molecule has 29 heavy (non-hydrogen) atoms. The van der Waals surface area contributed by atoms with Crippen molar-refractivity contribution in [1.29, 1.82) is 0 Å². The van der Waals surface area contributed by atoms with Gasteiger partial charge in [0, 0.05) is 12.6 Å². The number of nitrogens with zero attached hydrogens (tertiary/aromatic N) is 3. The van der Waals surface area contributed by atoms with Crippen LogP contribution < -0.4 is 10.6 Å². The van der Waals surface area contributed by atoms with E-state index in [1.165, 1.54) is 24.4 Å². The highest BCUT2D eigenvalue weighted by Crippen LogP contribution is 2.30. The molecule has 0 saturated heterocycles. The minimum absolute atomic E-state index is 0.398. The van der Waals surface area contributed by atoms with Crippen LogP contribution in [0.2, 0.25) is 0 Å². The van der Waals surface area contributed by atoms with Gasteiger partial charge in [-0.3, -0.25) is 14.7 Å². The van der Waals surface area contributed by atoms with Crippen molar-refractivity contribution in [3.8, 4) is 17.1 Å². The summed E-state index contributed by atoms with van der Waals surface area (Å²) in [6.45, 7) is 5.84. The van der Waals surface area contributed by atoms with Crippen LogP contribution in [0, 0.1) is 13.8 Å². The van der Waals surface area contributed by atoms with E-state index >= 15 is 0 Å². The molecule has 1 atom stereocenters. The second-order valence-electron chi connectivity index (χ2n) is 6.60. The van der Waals surface area contributed by atoms with Gasteiger partial charge in [0.1, 0.15) is 0 Å². The van der Waals surface area contributed by atoms with Crippen LogP contribution in [0.1, 0.15) is 18.1 Å². The molecule has 1 heterocycles. The third kappa shape index (κ3) is 4.65. The summed E-state index contributed by atoms with van der Waals surface area (Å²) in [5.41, 5.74) is 4.18. The molecule has 0 saturated carbocycles. The lowest BCUT2D eigenvalue weighted by atomic mass is 10.1. The second-order valence-corrected chi connectivity index (χ2v) is 7.91. The minimum atomic E-state index is -0.539. The van der Waals surface area contributed by atoms with Gasteiger partial charge < -0.3 is 5.32 Å². The summed E-state index contributed by atoms with van der Waals surface area (Å²) >= 11 is 1.25. The van der Waals surface area contributed by atoms with Crippen LogP contribution in [0.3, 0.4) is 0 Å². The molecule has 0 radical (unpaired) electrons. The average molecular weight is 410 g/mol. The Morgan fingerprint density at radius 2 is 1.76 bits per heavy atom. The highest BCUT2D eigenvalue weighted by molar-refractivity contribution is 8.00. The number of carbonyl (C=O) groups excluding carboxylic acids is 2. The zero-order chi connectivity index (χ0) is 21.0. The third-order valence-electron chi connectivity index (χ3n) is 4.53. The molecule has 8 heteroatoms. The molecule has 0 aliphatic carbocycles. The van der Waals surface area contributed by atoms with E-state index in [1.54, 1.807) is 6.92 Å². The van der Waals surface area contributed by atoms with Crippen LogP contribution in [0.5, 0.6) is 0 Å². The molecule has 0 bridgehead atoms.